The number of nitrogen functional groups attached to an aromatic ring is 2. The van der Waals surface area contributed by atoms with Crippen molar-refractivity contribution in [2.45, 2.75) is 107 Å². The van der Waals surface area contributed by atoms with Crippen LogP contribution in [0.2, 0.25) is 0 Å². The number of phosphoric acid groups is 2. The molecule has 0 bridgehead atoms. The largest absolute Gasteiger partial charge is 0.472 e. The lowest BCUT2D eigenvalue weighted by Crippen LogP contribution is -2.49. The Morgan fingerprint density at radius 2 is 1.72 bits per heavy atom. The lowest BCUT2D eigenvalue weighted by atomic mass is 10.1. The number of ether oxygens (including phenoxy) is 4. The number of anilines is 2. The molecule has 2 aliphatic rings. The van der Waals surface area contributed by atoms with Crippen LogP contribution in [-0.4, -0.2) is 139 Å². The number of carbonyl (C=O) groups is 2. The van der Waals surface area contributed by atoms with Gasteiger partial charge in [0.05, 0.1) is 19.5 Å². The fraction of sp³-hybridized carbons (Fsp3) is 0.656. The average Bonchev–Trinajstić information content (AvgIpc) is 3.82. The third kappa shape index (κ3) is 13.1. The maximum Gasteiger partial charge on any atom is 0.472 e. The Hall–Kier alpha value is -3.43. The zero-order chi connectivity index (χ0) is 45.2. The van der Waals surface area contributed by atoms with Crippen LogP contribution in [0.1, 0.15) is 60.4 Å². The van der Waals surface area contributed by atoms with Crippen molar-refractivity contribution in [1.82, 2.24) is 34.0 Å². The third-order valence-corrected chi connectivity index (χ3v) is 13.4. The number of likely N-dealkylation sites (N-methyl/N-ethyl adjacent to an activating group) is 1. The Balaban J connectivity index is 1.40. The van der Waals surface area contributed by atoms with Crippen molar-refractivity contribution < 1.29 is 71.0 Å². The molecule has 0 aromatic carbocycles. The van der Waals surface area contributed by atoms with Crippen LogP contribution in [0.15, 0.2) is 29.7 Å². The van der Waals surface area contributed by atoms with Gasteiger partial charge in [0, 0.05) is 30.2 Å². The molecule has 9 atom stereocenters. The molecule has 2 saturated heterocycles. The summed E-state index contributed by atoms with van der Waals surface area (Å²) >= 11 is 0. The number of esters is 1. The van der Waals surface area contributed by atoms with Crippen molar-refractivity contribution in [2.24, 2.45) is 0 Å². The number of aromatic nitrogens is 6. The molecule has 0 aliphatic carbocycles. The maximum absolute atomic E-state index is 14.1. The molecule has 5 rings (SSSR count). The molecule has 61 heavy (non-hydrogen) atoms. The van der Waals surface area contributed by atoms with Gasteiger partial charge in [-0.2, -0.15) is 4.98 Å². The summed E-state index contributed by atoms with van der Waals surface area (Å²) in [5, 5.41) is 11.7. The highest BCUT2D eigenvalue weighted by Gasteiger charge is 2.51. The fourth-order valence-corrected chi connectivity index (χ4v) is 9.75. The van der Waals surface area contributed by atoms with E-state index in [0.717, 1.165) is 15.8 Å². The number of nitrogens with zero attached hydrogens (tertiary/aromatic N) is 7. The number of carbonyl (C=O) groups excluding carboxylic acids is 2. The molecule has 29 heteroatoms. The molecule has 2 fully saturated rings. The number of fused-ring (bicyclic) bond motifs is 1. The molecule has 1 amide bonds. The Morgan fingerprint density at radius 3 is 2.36 bits per heavy atom. The number of imidazole rings is 1. The summed E-state index contributed by atoms with van der Waals surface area (Å²) in [6, 6.07) is 0.00519. The molecule has 8 N–H and O–H groups in total. The summed E-state index contributed by atoms with van der Waals surface area (Å²) in [6.07, 6.45) is -8.00. The highest BCUT2D eigenvalue weighted by atomic mass is 33.1. The van der Waals surface area contributed by atoms with Gasteiger partial charge < -0.3 is 50.2 Å². The van der Waals surface area contributed by atoms with Gasteiger partial charge in [-0.3, -0.25) is 27.6 Å². The van der Waals surface area contributed by atoms with Crippen molar-refractivity contribution in [3.63, 3.8) is 0 Å². The first kappa shape index (κ1) is 48.6. The van der Waals surface area contributed by atoms with Crippen LogP contribution < -0.4 is 17.2 Å². The number of nitrogens with two attached hydrogens (primary N) is 2. The van der Waals surface area contributed by atoms with Crippen LogP contribution in [0.3, 0.4) is 0 Å². The van der Waals surface area contributed by atoms with Gasteiger partial charge in [0.15, 0.2) is 23.8 Å². The first-order chi connectivity index (χ1) is 28.2. The van der Waals surface area contributed by atoms with Gasteiger partial charge >= 0.3 is 33.4 Å². The summed E-state index contributed by atoms with van der Waals surface area (Å²) < 4.78 is 65.6. The first-order valence-corrected chi connectivity index (χ1v) is 23.7. The van der Waals surface area contributed by atoms with Crippen molar-refractivity contribution in [3.8, 4) is 0 Å². The molecular weight excluding hydrogens is 892 g/mol. The lowest BCUT2D eigenvalue weighted by Gasteiger charge is -2.31. The van der Waals surface area contributed by atoms with E-state index in [0.29, 0.717) is 0 Å². The average molecular weight is 942 g/mol. The topological polar surface area (TPSA) is 348 Å². The maximum atomic E-state index is 14.1. The molecule has 3 aromatic heterocycles. The lowest BCUT2D eigenvalue weighted by molar-refractivity contribution is -0.161. The van der Waals surface area contributed by atoms with E-state index in [2.05, 4.69) is 24.5 Å². The summed E-state index contributed by atoms with van der Waals surface area (Å²) in [5.74, 6) is -1.07. The fourth-order valence-electron chi connectivity index (χ4n) is 5.89. The molecule has 5 heterocycles. The predicted molar refractivity (Wildman–Crippen MR) is 217 cm³/mol. The Bertz CT molecular complexity index is 2200. The van der Waals surface area contributed by atoms with E-state index in [9.17, 15) is 43.3 Å². The van der Waals surface area contributed by atoms with Gasteiger partial charge in [-0.15, -0.1) is 0 Å². The van der Waals surface area contributed by atoms with E-state index >= 15 is 0 Å². The summed E-state index contributed by atoms with van der Waals surface area (Å²) in [5.41, 5.74) is 10.0. The van der Waals surface area contributed by atoms with Crippen molar-refractivity contribution in [3.05, 3.63) is 35.4 Å². The molecule has 0 spiro atoms. The second kappa shape index (κ2) is 19.1. The number of amides is 1. The van der Waals surface area contributed by atoms with Crippen molar-refractivity contribution in [2.75, 3.05) is 37.5 Å². The normalized spacial score (nSPS) is 25.0. The monoisotopic (exact) mass is 941 g/mol. The van der Waals surface area contributed by atoms with Crippen LogP contribution in [0, 0.1) is 0 Å². The van der Waals surface area contributed by atoms with E-state index in [-0.39, 0.29) is 39.7 Å². The van der Waals surface area contributed by atoms with E-state index in [1.165, 1.54) is 51.8 Å². The van der Waals surface area contributed by atoms with Gasteiger partial charge in [-0.25, -0.2) is 38.5 Å². The minimum Gasteiger partial charge on any atom is -0.455 e. The molecule has 0 saturated carbocycles. The zero-order valence-corrected chi connectivity index (χ0v) is 37.4. The molecule has 5 unspecified atom stereocenters. The summed E-state index contributed by atoms with van der Waals surface area (Å²) in [4.78, 5) is 86.4. The number of aliphatic hydroxyl groups excluding tert-OH is 1. The smallest absolute Gasteiger partial charge is 0.455 e. The number of hydrogen-bond donors (Lipinski definition) is 6. The SMILES string of the molecule is CN(C(=O)OC(C)(C)C)[C@@H](CSSC(C)(C)C)C(=O)OC1C(COP(=O)(O)O[C@H]2C[C@H](n3ccc(N)nc3=O)O[C@@H]2COP(=O)(O)O)OC(n2cnc3c(N)ncnc32)C1O. The second-order valence-corrected chi connectivity index (χ2v) is 21.5. The summed E-state index contributed by atoms with van der Waals surface area (Å²) in [7, 11) is -6.21. The van der Waals surface area contributed by atoms with Crippen LogP contribution in [-0.2, 0) is 46.4 Å². The molecule has 25 nitrogen and oxygen atoms in total. The molecule has 2 aliphatic heterocycles. The minimum absolute atomic E-state index is 0.0104. The number of phosphoric ester groups is 2. The van der Waals surface area contributed by atoms with E-state index < -0.39 is 101 Å². The van der Waals surface area contributed by atoms with E-state index in [1.54, 1.807) is 20.8 Å². The molecular formula is C32H49N9O16P2S2. The standard InChI is InChI=1S/C32H49N9O16P2S2/c1-31(2,3)56-30(45)39(7)16(13-60-61-32(4,5)6)28(43)55-24-19(54-27(23(24)42)41-15-37-22-25(34)35-14-36-26(22)41)12-52-59(49,50)57-17-10-21(40-9-8-20(33)38-29(40)44)53-18(17)11-51-58(46,47)48/h8-9,14-19,21,23-24,27,42H,10-13H2,1-7H3,(H,49,50)(H2,33,38,44)(H2,34,35,36)(H2,46,47,48)/t16-,17-,18+,19?,21+,23?,24?,27?/m0/s1. The number of aliphatic hydroxyl groups is 1. The Labute approximate surface area is 356 Å². The number of rotatable bonds is 16. The predicted octanol–water partition coefficient (Wildman–Crippen LogP) is 1.73. The molecule has 0 radical (unpaired) electrons. The number of hydrogen-bond acceptors (Lipinski definition) is 21. The van der Waals surface area contributed by atoms with Gasteiger partial charge in [0.25, 0.3) is 0 Å². The zero-order valence-electron chi connectivity index (χ0n) is 33.9. The highest BCUT2D eigenvalue weighted by molar-refractivity contribution is 8.77. The van der Waals surface area contributed by atoms with Crippen LogP contribution in [0.5, 0.6) is 0 Å². The van der Waals surface area contributed by atoms with Gasteiger partial charge in [-0.1, -0.05) is 42.4 Å². The van der Waals surface area contributed by atoms with Crippen LogP contribution in [0.4, 0.5) is 16.4 Å². The van der Waals surface area contributed by atoms with Crippen molar-refractivity contribution >= 4 is 72.1 Å². The van der Waals surface area contributed by atoms with Crippen LogP contribution >= 0.6 is 37.2 Å². The third-order valence-electron chi connectivity index (χ3n) is 8.60. The molecule has 340 valence electrons. The quantitative estimate of drug-likeness (QED) is 0.0676. The Kier molecular flexibility index (Phi) is 15.2. The van der Waals surface area contributed by atoms with E-state index in [4.69, 9.17) is 39.5 Å². The van der Waals surface area contributed by atoms with Crippen LogP contribution in [0.25, 0.3) is 11.2 Å². The van der Waals surface area contributed by atoms with Gasteiger partial charge in [0.1, 0.15) is 59.9 Å². The Morgan fingerprint density at radius 1 is 1.03 bits per heavy atom. The highest BCUT2D eigenvalue weighted by Crippen LogP contribution is 2.50. The first-order valence-electron chi connectivity index (χ1n) is 18.3. The summed E-state index contributed by atoms with van der Waals surface area (Å²) in [6.45, 7) is 9.11. The van der Waals surface area contributed by atoms with E-state index in [1.807, 2.05) is 20.8 Å². The minimum atomic E-state index is -5.22. The van der Waals surface area contributed by atoms with Gasteiger partial charge in [0.2, 0.25) is 0 Å². The van der Waals surface area contributed by atoms with Crippen molar-refractivity contribution in [1.29, 1.82) is 0 Å². The second-order valence-electron chi connectivity index (χ2n) is 15.7. The molecule has 3 aromatic rings. The van der Waals surface area contributed by atoms with Gasteiger partial charge in [-0.05, 0) is 26.8 Å².